The standard InChI is InChI=1S/C13H8F3.Rb/c1-8-5-6-9(7-12(8)15)10-3-2-4-11(14)13(10)16;/h2-3,5-7H,1H3;/q-1;+1. The van der Waals surface area contributed by atoms with E-state index in [0.717, 1.165) is 0 Å². The van der Waals surface area contributed by atoms with E-state index in [1.807, 2.05) is 0 Å². The maximum absolute atomic E-state index is 13.4. The van der Waals surface area contributed by atoms with Crippen LogP contribution in [0.4, 0.5) is 13.2 Å². The normalized spacial score (nSPS) is 9.88. The second-order valence-corrected chi connectivity index (χ2v) is 3.48. The molecule has 4 heteroatoms. The molecule has 17 heavy (non-hydrogen) atoms. The fourth-order valence-electron chi connectivity index (χ4n) is 1.44. The number of rotatable bonds is 1. The monoisotopic (exact) mass is 306 g/mol. The van der Waals surface area contributed by atoms with Crippen LogP contribution < -0.4 is 58.2 Å². The molecule has 0 saturated carbocycles. The molecular weight excluding hydrogens is 299 g/mol. The number of aryl methyl sites for hydroxylation is 1. The maximum Gasteiger partial charge on any atom is 1.00 e. The molecular formula is C13H8F3Rb. The van der Waals surface area contributed by atoms with E-state index in [4.69, 9.17) is 0 Å². The molecule has 0 aliphatic rings. The van der Waals surface area contributed by atoms with Gasteiger partial charge in [-0.25, -0.2) is 8.78 Å². The molecule has 2 rings (SSSR count). The van der Waals surface area contributed by atoms with Crippen molar-refractivity contribution in [1.82, 2.24) is 0 Å². The Morgan fingerprint density at radius 2 is 1.76 bits per heavy atom. The van der Waals surface area contributed by atoms with Crippen molar-refractivity contribution in [2.24, 2.45) is 0 Å². The van der Waals surface area contributed by atoms with Crippen LogP contribution >= 0.6 is 0 Å². The Hall–Kier alpha value is 0.0352. The van der Waals surface area contributed by atoms with Gasteiger partial charge in [0.15, 0.2) is 0 Å². The minimum absolute atomic E-state index is 0. The van der Waals surface area contributed by atoms with Crippen molar-refractivity contribution in [2.45, 2.75) is 6.92 Å². The number of hydrogen-bond donors (Lipinski definition) is 0. The molecule has 0 N–H and O–H groups in total. The summed E-state index contributed by atoms with van der Waals surface area (Å²) in [5.74, 6) is -2.51. The van der Waals surface area contributed by atoms with Crippen LogP contribution in [0.25, 0.3) is 11.1 Å². The molecule has 0 fully saturated rings. The second kappa shape index (κ2) is 6.27. The van der Waals surface area contributed by atoms with Crippen molar-refractivity contribution in [3.8, 4) is 11.1 Å². The molecule has 0 saturated heterocycles. The zero-order valence-corrected chi connectivity index (χ0v) is 14.4. The molecule has 0 aromatic heterocycles. The van der Waals surface area contributed by atoms with E-state index >= 15 is 0 Å². The molecule has 0 amide bonds. The van der Waals surface area contributed by atoms with Crippen LogP contribution in [0.2, 0.25) is 0 Å². The van der Waals surface area contributed by atoms with Gasteiger partial charge in [0.2, 0.25) is 0 Å². The van der Waals surface area contributed by atoms with E-state index in [9.17, 15) is 13.2 Å². The summed E-state index contributed by atoms with van der Waals surface area (Å²) in [5, 5.41) is 0. The predicted octanol–water partition coefficient (Wildman–Crippen LogP) is 0.884. The topological polar surface area (TPSA) is 0 Å². The molecule has 0 aliphatic heterocycles. The second-order valence-electron chi connectivity index (χ2n) is 3.48. The smallest absolute Gasteiger partial charge is 0.281 e. The van der Waals surface area contributed by atoms with Crippen molar-refractivity contribution in [3.63, 3.8) is 0 Å². The number of benzene rings is 2. The first-order chi connectivity index (χ1) is 7.59. The molecule has 2 aromatic carbocycles. The Morgan fingerprint density at radius 3 is 2.41 bits per heavy atom. The Kier molecular flexibility index (Phi) is 5.57. The van der Waals surface area contributed by atoms with Gasteiger partial charge < -0.3 is 0 Å². The zero-order valence-electron chi connectivity index (χ0n) is 9.52. The van der Waals surface area contributed by atoms with Gasteiger partial charge in [0.25, 0.3) is 0 Å². The predicted molar refractivity (Wildman–Crippen MR) is 55.3 cm³/mol. The summed E-state index contributed by atoms with van der Waals surface area (Å²) >= 11 is 0. The van der Waals surface area contributed by atoms with Gasteiger partial charge >= 0.3 is 58.2 Å². The third kappa shape index (κ3) is 3.28. The fraction of sp³-hybridized carbons (Fsp3) is 0.0769. The molecule has 0 aliphatic carbocycles. The van der Waals surface area contributed by atoms with Crippen molar-refractivity contribution in [2.75, 3.05) is 0 Å². The van der Waals surface area contributed by atoms with Gasteiger partial charge in [-0.05, 0) is 24.1 Å². The van der Waals surface area contributed by atoms with E-state index in [1.54, 1.807) is 13.0 Å². The van der Waals surface area contributed by atoms with E-state index < -0.39 is 17.5 Å². The van der Waals surface area contributed by atoms with Crippen LogP contribution in [-0.2, 0) is 0 Å². The third-order valence-electron chi connectivity index (χ3n) is 2.37. The first-order valence-corrected chi connectivity index (χ1v) is 4.72. The molecule has 2 aromatic rings. The molecule has 0 bridgehead atoms. The summed E-state index contributed by atoms with van der Waals surface area (Å²) in [6.07, 6.45) is 0. The van der Waals surface area contributed by atoms with E-state index in [2.05, 4.69) is 6.07 Å². The van der Waals surface area contributed by atoms with E-state index in [0.29, 0.717) is 11.1 Å². The van der Waals surface area contributed by atoms with Gasteiger partial charge in [-0.2, -0.15) is 12.1 Å². The number of hydrogen-bond acceptors (Lipinski definition) is 0. The van der Waals surface area contributed by atoms with Gasteiger partial charge in [0.1, 0.15) is 5.82 Å². The zero-order chi connectivity index (χ0) is 11.7. The van der Waals surface area contributed by atoms with Crippen molar-refractivity contribution >= 4 is 0 Å². The Balaban J connectivity index is 0.00000144. The van der Waals surface area contributed by atoms with Crippen LogP contribution in [0.15, 0.2) is 30.3 Å². The molecule has 0 spiro atoms. The Morgan fingerprint density at radius 1 is 1.06 bits per heavy atom. The SMILES string of the molecule is Cc1ccc(-c2cc[c-]c(F)c2F)cc1F.[Rb+]. The van der Waals surface area contributed by atoms with Crippen LogP contribution in [0.1, 0.15) is 5.56 Å². The first-order valence-electron chi connectivity index (χ1n) is 4.72. The summed E-state index contributed by atoms with van der Waals surface area (Å²) in [6, 6.07) is 9.00. The first kappa shape index (κ1) is 15.1. The summed E-state index contributed by atoms with van der Waals surface area (Å²) in [7, 11) is 0. The minimum atomic E-state index is -1.06. The molecule has 0 atom stereocenters. The third-order valence-corrected chi connectivity index (χ3v) is 2.37. The Bertz CT molecular complexity index is 538. The molecule has 0 radical (unpaired) electrons. The van der Waals surface area contributed by atoms with Gasteiger partial charge in [0.05, 0.1) is 5.82 Å². The van der Waals surface area contributed by atoms with Crippen molar-refractivity contribution in [1.29, 1.82) is 0 Å². The van der Waals surface area contributed by atoms with Crippen LogP contribution in [0.3, 0.4) is 0 Å². The summed E-state index contributed by atoms with van der Waals surface area (Å²) in [4.78, 5) is 0. The average Bonchev–Trinajstić information content (AvgIpc) is 2.26. The minimum Gasteiger partial charge on any atom is -0.281 e. The maximum atomic E-state index is 13.4. The van der Waals surface area contributed by atoms with Crippen molar-refractivity contribution < 1.29 is 71.4 Å². The van der Waals surface area contributed by atoms with Crippen LogP contribution in [0, 0.1) is 30.4 Å². The molecule has 0 nitrogen and oxygen atoms in total. The largest absolute Gasteiger partial charge is 1.00 e. The van der Waals surface area contributed by atoms with Gasteiger partial charge in [-0.1, -0.05) is 17.7 Å². The van der Waals surface area contributed by atoms with Crippen LogP contribution in [-0.4, -0.2) is 0 Å². The van der Waals surface area contributed by atoms with Crippen LogP contribution in [0.5, 0.6) is 0 Å². The van der Waals surface area contributed by atoms with E-state index in [1.165, 1.54) is 24.3 Å². The summed E-state index contributed by atoms with van der Waals surface area (Å²) in [5.41, 5.74) is 0.816. The molecule has 0 unspecified atom stereocenters. The average molecular weight is 307 g/mol. The summed E-state index contributed by atoms with van der Waals surface area (Å²) in [6.45, 7) is 1.61. The van der Waals surface area contributed by atoms with E-state index in [-0.39, 0.29) is 63.8 Å². The Labute approximate surface area is 147 Å². The fourth-order valence-corrected chi connectivity index (χ4v) is 1.44. The molecule has 0 heterocycles. The van der Waals surface area contributed by atoms with Gasteiger partial charge in [-0.15, -0.1) is 6.07 Å². The number of halogens is 3. The van der Waals surface area contributed by atoms with Gasteiger partial charge in [-0.3, -0.25) is 4.39 Å². The van der Waals surface area contributed by atoms with Gasteiger partial charge in [0, 0.05) is 5.82 Å². The summed E-state index contributed by atoms with van der Waals surface area (Å²) < 4.78 is 39.6. The quantitative estimate of drug-likeness (QED) is 0.686. The van der Waals surface area contributed by atoms with Crippen molar-refractivity contribution in [3.05, 3.63) is 59.4 Å². The molecule has 82 valence electrons.